The van der Waals surface area contributed by atoms with Gasteiger partial charge in [0.2, 0.25) is 10.9 Å². The first-order chi connectivity index (χ1) is 13.3. The van der Waals surface area contributed by atoms with Gasteiger partial charge in [-0.15, -0.1) is 0 Å². The normalized spacial score (nSPS) is 15.9. The van der Waals surface area contributed by atoms with Gasteiger partial charge in [-0.05, 0) is 43.7 Å². The minimum Gasteiger partial charge on any atom is -0.440 e. The maximum absolute atomic E-state index is 12.9. The molecular formula is C19H20ClN3O4S. The summed E-state index contributed by atoms with van der Waals surface area (Å²) in [7, 11) is -3.71. The molecule has 0 bridgehead atoms. The third kappa shape index (κ3) is 3.55. The second-order valence-corrected chi connectivity index (χ2v) is 9.08. The number of benzene rings is 1. The molecule has 0 amide bonds. The van der Waals surface area contributed by atoms with E-state index in [1.807, 2.05) is 25.1 Å². The van der Waals surface area contributed by atoms with Gasteiger partial charge in [0.25, 0.3) is 10.0 Å². The lowest BCUT2D eigenvalue weighted by atomic mass is 10.1. The Balaban J connectivity index is 1.49. The lowest BCUT2D eigenvalue weighted by Gasteiger charge is -2.35. The number of hydrogen-bond acceptors (Lipinski definition) is 6. The van der Waals surface area contributed by atoms with E-state index in [0.717, 1.165) is 11.3 Å². The number of aromatic nitrogens is 1. The van der Waals surface area contributed by atoms with E-state index in [9.17, 15) is 8.42 Å². The summed E-state index contributed by atoms with van der Waals surface area (Å²) in [6, 6.07) is 10.5. The van der Waals surface area contributed by atoms with Gasteiger partial charge in [0, 0.05) is 43.0 Å². The molecule has 4 rings (SSSR count). The van der Waals surface area contributed by atoms with Crippen molar-refractivity contribution in [1.82, 2.24) is 9.46 Å². The molecule has 148 valence electrons. The average Bonchev–Trinajstić information content (AvgIpc) is 3.33. The number of piperazine rings is 1. The average molecular weight is 422 g/mol. The molecule has 1 aromatic carbocycles. The van der Waals surface area contributed by atoms with E-state index >= 15 is 0 Å². The molecule has 3 heterocycles. The number of hydrogen-bond donors (Lipinski definition) is 0. The number of rotatable bonds is 4. The molecule has 1 fully saturated rings. The van der Waals surface area contributed by atoms with Crippen molar-refractivity contribution < 1.29 is 17.4 Å². The highest BCUT2D eigenvalue weighted by Crippen LogP contribution is 2.29. The monoisotopic (exact) mass is 421 g/mol. The van der Waals surface area contributed by atoms with Crippen molar-refractivity contribution in [1.29, 1.82) is 0 Å². The summed E-state index contributed by atoms with van der Waals surface area (Å²) in [4.78, 5) is 2.15. The number of halogens is 1. The zero-order chi connectivity index (χ0) is 19.9. The highest BCUT2D eigenvalue weighted by molar-refractivity contribution is 7.89. The lowest BCUT2D eigenvalue weighted by Crippen LogP contribution is -2.48. The van der Waals surface area contributed by atoms with E-state index in [2.05, 4.69) is 10.1 Å². The molecule has 0 N–H and O–H groups in total. The fraction of sp³-hybridized carbons (Fsp3) is 0.316. The van der Waals surface area contributed by atoms with Gasteiger partial charge in [-0.25, -0.2) is 8.42 Å². The first-order valence-corrected chi connectivity index (χ1v) is 10.7. The standard InChI is InChI=1S/C19H20ClN3O4S/c1-13-3-4-15(20)12-16(13)22-7-9-23(10-8-22)28(24,25)19-6-5-17(26-19)18-11-14(2)21-27-18/h3-6,11-12H,7-10H2,1-2H3. The van der Waals surface area contributed by atoms with Gasteiger partial charge in [0.1, 0.15) is 0 Å². The predicted molar refractivity (Wildman–Crippen MR) is 106 cm³/mol. The Morgan fingerprint density at radius 2 is 1.75 bits per heavy atom. The Bertz CT molecular complexity index is 1100. The van der Waals surface area contributed by atoms with Crippen molar-refractivity contribution in [2.75, 3.05) is 31.1 Å². The zero-order valence-electron chi connectivity index (χ0n) is 15.6. The summed E-state index contributed by atoms with van der Waals surface area (Å²) in [5.74, 6) is 0.743. The molecule has 0 spiro atoms. The van der Waals surface area contributed by atoms with Crippen LogP contribution in [0.15, 0.2) is 50.4 Å². The summed E-state index contributed by atoms with van der Waals surface area (Å²) >= 11 is 6.11. The van der Waals surface area contributed by atoms with Gasteiger partial charge in [-0.1, -0.05) is 22.8 Å². The molecule has 0 aliphatic carbocycles. The van der Waals surface area contributed by atoms with Gasteiger partial charge in [0.05, 0.1) is 5.69 Å². The van der Waals surface area contributed by atoms with Crippen LogP contribution in [-0.4, -0.2) is 44.1 Å². The largest absolute Gasteiger partial charge is 0.440 e. The highest BCUT2D eigenvalue weighted by atomic mass is 35.5. The van der Waals surface area contributed by atoms with E-state index in [4.69, 9.17) is 20.5 Å². The van der Waals surface area contributed by atoms with Crippen LogP contribution in [0.2, 0.25) is 5.02 Å². The Kier molecular flexibility index (Phi) is 4.95. The maximum Gasteiger partial charge on any atom is 0.276 e. The minimum absolute atomic E-state index is 0.0936. The van der Waals surface area contributed by atoms with Gasteiger partial charge in [-0.3, -0.25) is 0 Å². The lowest BCUT2D eigenvalue weighted by molar-refractivity contribution is 0.358. The van der Waals surface area contributed by atoms with E-state index in [1.165, 1.54) is 10.4 Å². The number of furan rings is 1. The number of sulfonamides is 1. The number of aryl methyl sites for hydroxylation is 2. The molecule has 7 nitrogen and oxygen atoms in total. The van der Waals surface area contributed by atoms with E-state index in [1.54, 1.807) is 19.1 Å². The first-order valence-electron chi connectivity index (χ1n) is 8.89. The smallest absolute Gasteiger partial charge is 0.276 e. The van der Waals surface area contributed by atoms with E-state index in [0.29, 0.717) is 48.4 Å². The summed E-state index contributed by atoms with van der Waals surface area (Å²) in [5.41, 5.74) is 2.84. The van der Waals surface area contributed by atoms with Crippen LogP contribution in [-0.2, 0) is 10.0 Å². The molecule has 1 saturated heterocycles. The molecule has 1 aliphatic rings. The van der Waals surface area contributed by atoms with Crippen LogP contribution >= 0.6 is 11.6 Å². The van der Waals surface area contributed by atoms with Crippen molar-refractivity contribution in [3.63, 3.8) is 0 Å². The molecule has 0 radical (unpaired) electrons. The van der Waals surface area contributed by atoms with Crippen molar-refractivity contribution in [2.24, 2.45) is 0 Å². The molecule has 28 heavy (non-hydrogen) atoms. The Morgan fingerprint density at radius 1 is 1.00 bits per heavy atom. The van der Waals surface area contributed by atoms with Gasteiger partial charge in [0.15, 0.2) is 5.76 Å². The maximum atomic E-state index is 12.9. The number of anilines is 1. The topological polar surface area (TPSA) is 79.8 Å². The van der Waals surface area contributed by atoms with Crippen LogP contribution in [0.3, 0.4) is 0 Å². The van der Waals surface area contributed by atoms with Crippen molar-refractivity contribution in [3.05, 3.63) is 52.7 Å². The van der Waals surface area contributed by atoms with Crippen LogP contribution in [0.1, 0.15) is 11.3 Å². The Labute approximate surface area is 168 Å². The van der Waals surface area contributed by atoms with Crippen molar-refractivity contribution >= 4 is 27.3 Å². The zero-order valence-corrected chi connectivity index (χ0v) is 17.1. The number of nitrogens with zero attached hydrogens (tertiary/aromatic N) is 3. The fourth-order valence-corrected chi connectivity index (χ4v) is 4.79. The molecule has 1 aliphatic heterocycles. The van der Waals surface area contributed by atoms with E-state index < -0.39 is 10.0 Å². The summed E-state index contributed by atoms with van der Waals surface area (Å²) in [6.45, 7) is 5.70. The van der Waals surface area contributed by atoms with Crippen molar-refractivity contribution in [2.45, 2.75) is 18.9 Å². The molecule has 3 aromatic rings. The van der Waals surface area contributed by atoms with Crippen LogP contribution in [0.5, 0.6) is 0 Å². The molecule has 0 atom stereocenters. The molecule has 0 unspecified atom stereocenters. The summed E-state index contributed by atoms with van der Waals surface area (Å²) in [5, 5.41) is 4.37. The third-order valence-electron chi connectivity index (χ3n) is 4.80. The van der Waals surface area contributed by atoms with E-state index in [-0.39, 0.29) is 5.09 Å². The van der Waals surface area contributed by atoms with Crippen molar-refractivity contribution in [3.8, 4) is 11.5 Å². The van der Waals surface area contributed by atoms with Gasteiger partial charge >= 0.3 is 0 Å². The van der Waals surface area contributed by atoms with Gasteiger partial charge < -0.3 is 13.8 Å². The van der Waals surface area contributed by atoms with Crippen LogP contribution < -0.4 is 4.90 Å². The van der Waals surface area contributed by atoms with Crippen LogP contribution in [0.4, 0.5) is 5.69 Å². The SMILES string of the molecule is Cc1cc(-c2ccc(S(=O)(=O)N3CCN(c4cc(Cl)ccc4C)CC3)o2)on1. The molecule has 9 heteroatoms. The Hall–Kier alpha value is -2.29. The van der Waals surface area contributed by atoms with Crippen LogP contribution in [0.25, 0.3) is 11.5 Å². The summed E-state index contributed by atoms with van der Waals surface area (Å²) < 4.78 is 38.0. The second kappa shape index (κ2) is 7.27. The quantitative estimate of drug-likeness (QED) is 0.638. The molecule has 0 saturated carbocycles. The molecular weight excluding hydrogens is 402 g/mol. The fourth-order valence-electron chi connectivity index (χ4n) is 3.29. The first kappa shape index (κ1) is 19.0. The minimum atomic E-state index is -3.71. The third-order valence-corrected chi connectivity index (χ3v) is 6.80. The second-order valence-electron chi connectivity index (χ2n) is 6.77. The molecule has 2 aromatic heterocycles. The predicted octanol–water partition coefficient (Wildman–Crippen LogP) is 3.72. The highest BCUT2D eigenvalue weighted by Gasteiger charge is 2.31. The Morgan fingerprint density at radius 3 is 2.43 bits per heavy atom. The van der Waals surface area contributed by atoms with Crippen LogP contribution in [0, 0.1) is 13.8 Å². The summed E-state index contributed by atoms with van der Waals surface area (Å²) in [6.07, 6.45) is 0. The van der Waals surface area contributed by atoms with Gasteiger partial charge in [-0.2, -0.15) is 4.31 Å².